The lowest BCUT2D eigenvalue weighted by molar-refractivity contribution is 0.817. The minimum absolute atomic E-state index is 0.639. The van der Waals surface area contributed by atoms with Crippen molar-refractivity contribution >= 4 is 11.6 Å². The smallest absolute Gasteiger partial charge is 0.171 e. The number of nitrogens with two attached hydrogens (primary N) is 1. The van der Waals surface area contributed by atoms with Crippen LogP contribution in [0.5, 0.6) is 0 Å². The molecule has 1 aromatic carbocycles. The molecule has 0 amide bonds. The molecular formula is C13H18N4. The first-order valence-electron chi connectivity index (χ1n) is 5.81. The molecule has 4 nitrogen and oxygen atoms in total. The third-order valence-corrected chi connectivity index (χ3v) is 2.73. The van der Waals surface area contributed by atoms with Gasteiger partial charge in [0.2, 0.25) is 0 Å². The molecule has 0 atom stereocenters. The van der Waals surface area contributed by atoms with Gasteiger partial charge in [-0.1, -0.05) is 30.3 Å². The van der Waals surface area contributed by atoms with Crippen LogP contribution in [0.3, 0.4) is 0 Å². The number of hydrogen-bond donors (Lipinski definition) is 2. The second-order valence-corrected chi connectivity index (χ2v) is 4.06. The van der Waals surface area contributed by atoms with E-state index in [0.29, 0.717) is 5.82 Å². The van der Waals surface area contributed by atoms with E-state index in [0.717, 1.165) is 24.7 Å². The molecule has 0 spiro atoms. The van der Waals surface area contributed by atoms with Crippen molar-refractivity contribution in [3.8, 4) is 0 Å². The van der Waals surface area contributed by atoms with Crippen LogP contribution in [-0.4, -0.2) is 16.5 Å². The Hall–Kier alpha value is -1.97. The van der Waals surface area contributed by atoms with E-state index in [1.807, 2.05) is 25.1 Å². The first kappa shape index (κ1) is 11.5. The SMILES string of the molecule is CCN(Cc1ccccc1)c1nc(C)[nH]c1N. The summed E-state index contributed by atoms with van der Waals surface area (Å²) in [6.45, 7) is 5.72. The molecule has 0 saturated carbocycles. The van der Waals surface area contributed by atoms with Crippen molar-refractivity contribution in [1.82, 2.24) is 9.97 Å². The van der Waals surface area contributed by atoms with E-state index in [9.17, 15) is 0 Å². The van der Waals surface area contributed by atoms with Crippen LogP contribution in [-0.2, 0) is 6.54 Å². The highest BCUT2D eigenvalue weighted by Crippen LogP contribution is 2.21. The Kier molecular flexibility index (Phi) is 3.32. The van der Waals surface area contributed by atoms with Crippen LogP contribution in [0.25, 0.3) is 0 Å². The van der Waals surface area contributed by atoms with Crippen LogP contribution in [0.1, 0.15) is 18.3 Å². The quantitative estimate of drug-likeness (QED) is 0.847. The Balaban J connectivity index is 2.20. The first-order chi connectivity index (χ1) is 8.20. The second-order valence-electron chi connectivity index (χ2n) is 4.06. The number of rotatable bonds is 4. The number of aryl methyl sites for hydroxylation is 1. The number of nitrogens with one attached hydrogen (secondary N) is 1. The van der Waals surface area contributed by atoms with Crippen LogP contribution in [0.15, 0.2) is 30.3 Å². The molecule has 0 radical (unpaired) electrons. The van der Waals surface area contributed by atoms with Gasteiger partial charge < -0.3 is 15.6 Å². The van der Waals surface area contributed by atoms with Crippen molar-refractivity contribution < 1.29 is 0 Å². The summed E-state index contributed by atoms with van der Waals surface area (Å²) in [5.74, 6) is 2.33. The fraction of sp³-hybridized carbons (Fsp3) is 0.308. The van der Waals surface area contributed by atoms with E-state index >= 15 is 0 Å². The van der Waals surface area contributed by atoms with Crippen LogP contribution < -0.4 is 10.6 Å². The van der Waals surface area contributed by atoms with Gasteiger partial charge in [-0.3, -0.25) is 0 Å². The van der Waals surface area contributed by atoms with E-state index in [1.54, 1.807) is 0 Å². The third-order valence-electron chi connectivity index (χ3n) is 2.73. The summed E-state index contributed by atoms with van der Waals surface area (Å²) in [7, 11) is 0. The Morgan fingerprint density at radius 2 is 2.00 bits per heavy atom. The Morgan fingerprint density at radius 1 is 1.29 bits per heavy atom. The fourth-order valence-corrected chi connectivity index (χ4v) is 1.88. The summed E-state index contributed by atoms with van der Waals surface area (Å²) >= 11 is 0. The van der Waals surface area contributed by atoms with Gasteiger partial charge in [0.25, 0.3) is 0 Å². The lowest BCUT2D eigenvalue weighted by atomic mass is 10.2. The molecule has 2 aromatic rings. The first-order valence-corrected chi connectivity index (χ1v) is 5.81. The third kappa shape index (κ3) is 2.58. The number of aromatic amines is 1. The summed E-state index contributed by atoms with van der Waals surface area (Å²) in [6.07, 6.45) is 0. The van der Waals surface area contributed by atoms with Crippen molar-refractivity contribution in [2.75, 3.05) is 17.2 Å². The highest BCUT2D eigenvalue weighted by molar-refractivity contribution is 5.59. The molecule has 0 saturated heterocycles. The summed E-state index contributed by atoms with van der Waals surface area (Å²) in [4.78, 5) is 9.62. The number of H-pyrrole nitrogens is 1. The molecule has 2 rings (SSSR count). The van der Waals surface area contributed by atoms with E-state index in [1.165, 1.54) is 5.56 Å². The standard InChI is InChI=1S/C13H18N4/c1-3-17(9-11-7-5-4-6-8-11)13-12(14)15-10(2)16-13/h4-8H,3,9,14H2,1-2H3,(H,15,16). The highest BCUT2D eigenvalue weighted by Gasteiger charge is 2.12. The fourth-order valence-electron chi connectivity index (χ4n) is 1.88. The van der Waals surface area contributed by atoms with Gasteiger partial charge in [-0.2, -0.15) is 0 Å². The number of nitrogen functional groups attached to an aromatic ring is 1. The van der Waals surface area contributed by atoms with Gasteiger partial charge in [0.05, 0.1) is 0 Å². The predicted molar refractivity (Wildman–Crippen MR) is 70.9 cm³/mol. The normalized spacial score (nSPS) is 10.5. The van der Waals surface area contributed by atoms with Gasteiger partial charge in [-0.15, -0.1) is 0 Å². The zero-order chi connectivity index (χ0) is 12.3. The summed E-state index contributed by atoms with van der Waals surface area (Å²) < 4.78 is 0. The van der Waals surface area contributed by atoms with Crippen molar-refractivity contribution in [2.45, 2.75) is 20.4 Å². The van der Waals surface area contributed by atoms with Crippen molar-refractivity contribution in [3.05, 3.63) is 41.7 Å². The molecule has 1 heterocycles. The zero-order valence-electron chi connectivity index (χ0n) is 10.3. The minimum atomic E-state index is 0.639. The Labute approximate surface area is 101 Å². The van der Waals surface area contributed by atoms with Gasteiger partial charge in [-0.05, 0) is 19.4 Å². The van der Waals surface area contributed by atoms with Crippen molar-refractivity contribution in [3.63, 3.8) is 0 Å². The highest BCUT2D eigenvalue weighted by atomic mass is 15.2. The molecule has 0 unspecified atom stereocenters. The van der Waals surface area contributed by atoms with Gasteiger partial charge in [0, 0.05) is 13.1 Å². The maximum Gasteiger partial charge on any atom is 0.171 e. The van der Waals surface area contributed by atoms with E-state index in [4.69, 9.17) is 5.73 Å². The summed E-state index contributed by atoms with van der Waals surface area (Å²) in [5.41, 5.74) is 7.17. The lowest BCUT2D eigenvalue weighted by Gasteiger charge is -2.21. The van der Waals surface area contributed by atoms with Crippen LogP contribution in [0.4, 0.5) is 11.6 Å². The average molecular weight is 230 g/mol. The lowest BCUT2D eigenvalue weighted by Crippen LogP contribution is -2.23. The molecule has 0 aliphatic heterocycles. The number of aromatic nitrogens is 2. The number of benzene rings is 1. The molecule has 17 heavy (non-hydrogen) atoms. The molecule has 0 aliphatic carbocycles. The Morgan fingerprint density at radius 3 is 2.53 bits per heavy atom. The predicted octanol–water partition coefficient (Wildman–Crippen LogP) is 2.33. The van der Waals surface area contributed by atoms with Crippen molar-refractivity contribution in [1.29, 1.82) is 0 Å². The van der Waals surface area contributed by atoms with Crippen molar-refractivity contribution in [2.24, 2.45) is 0 Å². The number of anilines is 2. The Bertz CT molecular complexity index is 475. The molecule has 0 bridgehead atoms. The molecule has 3 N–H and O–H groups in total. The van der Waals surface area contributed by atoms with Crippen LogP contribution in [0.2, 0.25) is 0 Å². The maximum atomic E-state index is 5.91. The number of hydrogen-bond acceptors (Lipinski definition) is 3. The molecule has 0 aliphatic rings. The van der Waals surface area contributed by atoms with Crippen LogP contribution in [0, 0.1) is 6.92 Å². The zero-order valence-corrected chi connectivity index (χ0v) is 10.3. The van der Waals surface area contributed by atoms with E-state index < -0.39 is 0 Å². The van der Waals surface area contributed by atoms with Crippen LogP contribution >= 0.6 is 0 Å². The molecule has 1 aromatic heterocycles. The van der Waals surface area contributed by atoms with E-state index in [-0.39, 0.29) is 0 Å². The van der Waals surface area contributed by atoms with Gasteiger partial charge in [0.1, 0.15) is 11.6 Å². The molecule has 4 heteroatoms. The molecule has 90 valence electrons. The average Bonchev–Trinajstić information content (AvgIpc) is 2.67. The summed E-state index contributed by atoms with van der Waals surface area (Å²) in [6, 6.07) is 10.3. The monoisotopic (exact) mass is 230 g/mol. The topological polar surface area (TPSA) is 57.9 Å². The molecule has 0 fully saturated rings. The van der Waals surface area contributed by atoms with Gasteiger partial charge in [0.15, 0.2) is 5.82 Å². The summed E-state index contributed by atoms with van der Waals surface area (Å²) in [5, 5.41) is 0. The number of nitrogens with zero attached hydrogens (tertiary/aromatic N) is 2. The number of imidazole rings is 1. The minimum Gasteiger partial charge on any atom is -0.382 e. The largest absolute Gasteiger partial charge is 0.382 e. The second kappa shape index (κ2) is 4.91. The van der Waals surface area contributed by atoms with E-state index in [2.05, 4.69) is 33.9 Å². The van der Waals surface area contributed by atoms with Gasteiger partial charge in [-0.25, -0.2) is 4.98 Å². The maximum absolute atomic E-state index is 5.91. The van der Waals surface area contributed by atoms with Gasteiger partial charge >= 0.3 is 0 Å². The molecular weight excluding hydrogens is 212 g/mol.